The lowest BCUT2D eigenvalue weighted by Crippen LogP contribution is -2.43. The minimum atomic E-state index is 0.330. The zero-order chi connectivity index (χ0) is 16.2. The molecule has 0 unspecified atom stereocenters. The predicted octanol–water partition coefficient (Wildman–Crippen LogP) is 1.88. The minimum absolute atomic E-state index is 0.330. The van der Waals surface area contributed by atoms with Crippen LogP contribution in [0.3, 0.4) is 0 Å². The quantitative estimate of drug-likeness (QED) is 0.610. The van der Waals surface area contributed by atoms with Gasteiger partial charge in [-0.2, -0.15) is 5.10 Å². The topological polar surface area (TPSA) is 75.3 Å². The van der Waals surface area contributed by atoms with Crippen LogP contribution in [0.25, 0.3) is 0 Å². The van der Waals surface area contributed by atoms with E-state index in [0.717, 1.165) is 54.9 Å². The van der Waals surface area contributed by atoms with Gasteiger partial charge in [0.2, 0.25) is 6.79 Å². The summed E-state index contributed by atoms with van der Waals surface area (Å²) in [5, 5.41) is 11.2. The number of nitrogens with zero attached hydrogens (tertiary/aromatic N) is 3. The minimum Gasteiger partial charge on any atom is -0.454 e. The number of hydrogen-bond donors (Lipinski definition) is 2. The summed E-state index contributed by atoms with van der Waals surface area (Å²) in [6.07, 6.45) is 3.85. The van der Waals surface area contributed by atoms with Crippen LogP contribution < -0.4 is 19.7 Å². The Morgan fingerprint density at radius 2 is 2.12 bits per heavy atom. The van der Waals surface area contributed by atoms with E-state index in [-0.39, 0.29) is 0 Å². The van der Waals surface area contributed by atoms with Crippen molar-refractivity contribution in [3.05, 3.63) is 24.5 Å². The van der Waals surface area contributed by atoms with Crippen molar-refractivity contribution in [3.8, 4) is 11.5 Å². The maximum atomic E-state index is 5.47. The number of piperidine rings is 1. The number of ether oxygens (including phenoxy) is 2. The van der Waals surface area contributed by atoms with E-state index in [0.29, 0.717) is 12.8 Å². The molecule has 0 aliphatic carbocycles. The predicted molar refractivity (Wildman–Crippen MR) is 92.9 cm³/mol. The van der Waals surface area contributed by atoms with Crippen LogP contribution >= 0.6 is 11.8 Å². The number of aromatic amines is 1. The van der Waals surface area contributed by atoms with E-state index in [1.165, 1.54) is 5.69 Å². The highest BCUT2D eigenvalue weighted by molar-refractivity contribution is 7.99. The Morgan fingerprint density at radius 3 is 2.96 bits per heavy atom. The number of anilines is 1. The van der Waals surface area contributed by atoms with Crippen LogP contribution in [-0.4, -0.2) is 53.4 Å². The maximum absolute atomic E-state index is 5.47. The zero-order valence-electron chi connectivity index (χ0n) is 13.4. The summed E-state index contributed by atoms with van der Waals surface area (Å²) in [6, 6.07) is 6.80. The lowest BCUT2D eigenvalue weighted by Gasteiger charge is -2.34. The van der Waals surface area contributed by atoms with Gasteiger partial charge in [-0.05, 0) is 25.0 Å². The van der Waals surface area contributed by atoms with Crippen molar-refractivity contribution in [1.29, 1.82) is 0 Å². The summed E-state index contributed by atoms with van der Waals surface area (Å²) in [5.74, 6) is 2.70. The third-order valence-corrected chi connectivity index (χ3v) is 5.26. The number of nitrogens with one attached hydrogen (secondary N) is 2. The molecule has 0 spiro atoms. The Morgan fingerprint density at radius 1 is 1.25 bits per heavy atom. The van der Waals surface area contributed by atoms with Crippen LogP contribution in [0.1, 0.15) is 12.8 Å². The number of hydrogen-bond acceptors (Lipinski definition) is 7. The van der Waals surface area contributed by atoms with E-state index in [4.69, 9.17) is 9.47 Å². The fourth-order valence-electron chi connectivity index (χ4n) is 3.10. The SMILES string of the molecule is c1n[nH]c(SCCNC2CCN(c3ccc4c(c3)OCO4)CC2)n1. The van der Waals surface area contributed by atoms with Crippen LogP contribution in [0.15, 0.2) is 29.7 Å². The van der Waals surface area contributed by atoms with Crippen molar-refractivity contribution < 1.29 is 9.47 Å². The highest BCUT2D eigenvalue weighted by Gasteiger charge is 2.21. The summed E-state index contributed by atoms with van der Waals surface area (Å²) < 4.78 is 10.8. The lowest BCUT2D eigenvalue weighted by molar-refractivity contribution is 0.174. The molecule has 2 aromatic rings. The molecule has 2 aliphatic rings. The molecule has 7 nitrogen and oxygen atoms in total. The molecule has 1 aromatic carbocycles. The third kappa shape index (κ3) is 3.59. The van der Waals surface area contributed by atoms with Crippen molar-refractivity contribution in [1.82, 2.24) is 20.5 Å². The van der Waals surface area contributed by atoms with Gasteiger partial charge in [0.15, 0.2) is 16.7 Å². The van der Waals surface area contributed by atoms with Crippen LogP contribution in [0, 0.1) is 0 Å². The maximum Gasteiger partial charge on any atom is 0.231 e. The monoisotopic (exact) mass is 347 g/mol. The standard InChI is InChI=1S/C16H21N5O2S/c1-2-14-15(23-11-22-14)9-13(1)21-6-3-12(4-7-21)17-5-8-24-16-18-10-19-20-16/h1-2,9-10,12,17H,3-8,11H2,(H,18,19,20). The molecular weight excluding hydrogens is 326 g/mol. The van der Waals surface area contributed by atoms with E-state index in [9.17, 15) is 0 Å². The largest absolute Gasteiger partial charge is 0.454 e. The molecule has 0 atom stereocenters. The van der Waals surface area contributed by atoms with Crippen molar-refractivity contribution in [3.63, 3.8) is 0 Å². The second-order valence-electron chi connectivity index (χ2n) is 5.89. The van der Waals surface area contributed by atoms with Gasteiger partial charge in [0.1, 0.15) is 6.33 Å². The Kier molecular flexibility index (Phi) is 4.75. The molecule has 0 saturated carbocycles. The molecule has 1 fully saturated rings. The molecule has 4 rings (SSSR count). The molecule has 0 amide bonds. The van der Waals surface area contributed by atoms with Gasteiger partial charge in [-0.25, -0.2) is 4.98 Å². The van der Waals surface area contributed by atoms with Gasteiger partial charge in [-0.15, -0.1) is 0 Å². The number of fused-ring (bicyclic) bond motifs is 1. The van der Waals surface area contributed by atoms with Crippen molar-refractivity contribution in [2.45, 2.75) is 24.0 Å². The molecule has 128 valence electrons. The molecule has 24 heavy (non-hydrogen) atoms. The Labute approximate surface area is 145 Å². The molecule has 0 radical (unpaired) electrons. The Bertz CT molecular complexity index is 658. The summed E-state index contributed by atoms with van der Waals surface area (Å²) in [4.78, 5) is 6.53. The van der Waals surface area contributed by atoms with Crippen LogP contribution in [0.2, 0.25) is 0 Å². The van der Waals surface area contributed by atoms with Gasteiger partial charge >= 0.3 is 0 Å². The normalized spacial score (nSPS) is 17.4. The first-order chi connectivity index (χ1) is 11.9. The summed E-state index contributed by atoms with van der Waals surface area (Å²) >= 11 is 1.70. The Hall–Kier alpha value is -1.93. The first-order valence-electron chi connectivity index (χ1n) is 8.24. The molecule has 8 heteroatoms. The fourth-order valence-corrected chi connectivity index (χ4v) is 3.75. The van der Waals surface area contributed by atoms with Gasteiger partial charge in [0, 0.05) is 43.2 Å². The van der Waals surface area contributed by atoms with Crippen molar-refractivity contribution >= 4 is 17.4 Å². The van der Waals surface area contributed by atoms with Gasteiger partial charge < -0.3 is 19.7 Å². The van der Waals surface area contributed by atoms with E-state index < -0.39 is 0 Å². The second-order valence-corrected chi connectivity index (χ2v) is 6.98. The Balaban J connectivity index is 1.20. The number of H-pyrrole nitrogens is 1. The van der Waals surface area contributed by atoms with Crippen molar-refractivity contribution in [2.24, 2.45) is 0 Å². The van der Waals surface area contributed by atoms with Gasteiger partial charge in [-0.3, -0.25) is 5.10 Å². The lowest BCUT2D eigenvalue weighted by atomic mass is 10.0. The first-order valence-corrected chi connectivity index (χ1v) is 9.23. The summed E-state index contributed by atoms with van der Waals surface area (Å²) in [5.41, 5.74) is 1.22. The van der Waals surface area contributed by atoms with E-state index >= 15 is 0 Å². The zero-order valence-corrected chi connectivity index (χ0v) is 14.2. The van der Waals surface area contributed by atoms with Crippen LogP contribution in [-0.2, 0) is 0 Å². The fraction of sp³-hybridized carbons (Fsp3) is 0.500. The number of aromatic nitrogens is 3. The van der Waals surface area contributed by atoms with E-state index in [1.807, 2.05) is 6.07 Å². The molecule has 2 aliphatic heterocycles. The van der Waals surface area contributed by atoms with Gasteiger partial charge in [0.25, 0.3) is 0 Å². The molecular formula is C16H21N5O2S. The second kappa shape index (κ2) is 7.31. The highest BCUT2D eigenvalue weighted by atomic mass is 32.2. The molecule has 1 aromatic heterocycles. The van der Waals surface area contributed by atoms with Crippen molar-refractivity contribution in [2.75, 3.05) is 37.1 Å². The number of thioether (sulfide) groups is 1. The number of benzene rings is 1. The number of rotatable bonds is 6. The van der Waals surface area contributed by atoms with E-state index in [2.05, 4.69) is 37.5 Å². The third-order valence-electron chi connectivity index (χ3n) is 4.38. The summed E-state index contributed by atoms with van der Waals surface area (Å²) in [7, 11) is 0. The highest BCUT2D eigenvalue weighted by Crippen LogP contribution is 2.36. The average molecular weight is 347 g/mol. The molecule has 1 saturated heterocycles. The average Bonchev–Trinajstić information content (AvgIpc) is 3.30. The molecule has 3 heterocycles. The van der Waals surface area contributed by atoms with Crippen LogP contribution in [0.5, 0.6) is 11.5 Å². The molecule has 2 N–H and O–H groups in total. The summed E-state index contributed by atoms with van der Waals surface area (Å²) in [6.45, 7) is 3.44. The first kappa shape index (κ1) is 15.6. The van der Waals surface area contributed by atoms with Crippen LogP contribution in [0.4, 0.5) is 5.69 Å². The van der Waals surface area contributed by atoms with Gasteiger partial charge in [0.05, 0.1) is 0 Å². The van der Waals surface area contributed by atoms with E-state index in [1.54, 1.807) is 18.1 Å². The van der Waals surface area contributed by atoms with Gasteiger partial charge in [-0.1, -0.05) is 11.8 Å². The molecule has 0 bridgehead atoms. The smallest absolute Gasteiger partial charge is 0.231 e.